The summed E-state index contributed by atoms with van der Waals surface area (Å²) < 4.78 is 16.7. The van der Waals surface area contributed by atoms with E-state index >= 15 is 0 Å². The van der Waals surface area contributed by atoms with Gasteiger partial charge in [0.25, 0.3) is 0 Å². The zero-order valence-corrected chi connectivity index (χ0v) is 17.6. The van der Waals surface area contributed by atoms with Crippen LogP contribution in [0.4, 0.5) is 11.4 Å². The average molecular weight is 405 g/mol. The Balaban J connectivity index is 1.64. The SMILES string of the molecule is CNc1ccc(-c2nc(OC)ccc2N2CCOC(c3ccc(OC)cc3)C2)cc1. The molecule has 0 bridgehead atoms. The van der Waals surface area contributed by atoms with Crippen molar-refractivity contribution in [1.29, 1.82) is 0 Å². The van der Waals surface area contributed by atoms with Gasteiger partial charge in [0, 0.05) is 37.5 Å². The van der Waals surface area contributed by atoms with Crippen LogP contribution in [0, 0.1) is 0 Å². The monoisotopic (exact) mass is 405 g/mol. The summed E-state index contributed by atoms with van der Waals surface area (Å²) in [4.78, 5) is 7.11. The lowest BCUT2D eigenvalue weighted by Crippen LogP contribution is -2.38. The molecular formula is C24H27N3O3. The number of aromatic nitrogens is 1. The van der Waals surface area contributed by atoms with Crippen LogP contribution in [0.25, 0.3) is 11.3 Å². The number of nitrogens with one attached hydrogen (secondary N) is 1. The van der Waals surface area contributed by atoms with Gasteiger partial charge < -0.3 is 24.4 Å². The Hall–Kier alpha value is -3.25. The van der Waals surface area contributed by atoms with E-state index in [0.717, 1.165) is 47.0 Å². The van der Waals surface area contributed by atoms with Crippen LogP contribution in [0.1, 0.15) is 11.7 Å². The molecule has 1 unspecified atom stereocenters. The van der Waals surface area contributed by atoms with Crippen molar-refractivity contribution in [3.8, 4) is 22.9 Å². The maximum atomic E-state index is 6.07. The maximum absolute atomic E-state index is 6.07. The van der Waals surface area contributed by atoms with Crippen LogP contribution < -0.4 is 19.7 Å². The first kappa shape index (κ1) is 20.0. The van der Waals surface area contributed by atoms with E-state index in [1.54, 1.807) is 14.2 Å². The highest BCUT2D eigenvalue weighted by Crippen LogP contribution is 2.35. The highest BCUT2D eigenvalue weighted by atomic mass is 16.5. The van der Waals surface area contributed by atoms with Gasteiger partial charge in [-0.3, -0.25) is 0 Å². The van der Waals surface area contributed by atoms with E-state index in [2.05, 4.69) is 52.7 Å². The Morgan fingerprint density at radius 2 is 1.73 bits per heavy atom. The second-order valence-electron chi connectivity index (χ2n) is 7.13. The van der Waals surface area contributed by atoms with Gasteiger partial charge in [-0.1, -0.05) is 24.3 Å². The molecule has 0 radical (unpaired) electrons. The quantitative estimate of drug-likeness (QED) is 0.657. The summed E-state index contributed by atoms with van der Waals surface area (Å²) in [6.07, 6.45) is -0.00808. The van der Waals surface area contributed by atoms with Crippen molar-refractivity contribution in [1.82, 2.24) is 4.98 Å². The summed E-state index contributed by atoms with van der Waals surface area (Å²) in [6, 6.07) is 20.4. The predicted octanol–water partition coefficient (Wildman–Crippen LogP) is 4.39. The van der Waals surface area contributed by atoms with Crippen molar-refractivity contribution in [3.63, 3.8) is 0 Å². The normalized spacial score (nSPS) is 16.2. The first-order chi connectivity index (χ1) is 14.7. The van der Waals surface area contributed by atoms with Gasteiger partial charge in [-0.15, -0.1) is 0 Å². The van der Waals surface area contributed by atoms with Crippen molar-refractivity contribution < 1.29 is 14.2 Å². The van der Waals surface area contributed by atoms with Crippen molar-refractivity contribution in [2.75, 3.05) is 51.2 Å². The van der Waals surface area contributed by atoms with Crippen molar-refractivity contribution in [2.45, 2.75) is 6.10 Å². The third kappa shape index (κ3) is 4.19. The smallest absolute Gasteiger partial charge is 0.213 e. The molecule has 1 saturated heterocycles. The molecule has 1 fully saturated rings. The first-order valence-electron chi connectivity index (χ1n) is 10.1. The van der Waals surface area contributed by atoms with Gasteiger partial charge in [0.05, 0.1) is 32.2 Å². The Morgan fingerprint density at radius 3 is 2.40 bits per heavy atom. The molecule has 0 saturated carbocycles. The number of benzene rings is 2. The number of nitrogens with zero attached hydrogens (tertiary/aromatic N) is 2. The standard InChI is InChI=1S/C24H27N3O3/c1-25-19-8-4-18(5-9-19)24-21(12-13-23(26-24)29-3)27-14-15-30-22(16-27)17-6-10-20(28-2)11-7-17/h4-13,22,25H,14-16H2,1-3H3. The Morgan fingerprint density at radius 1 is 0.967 bits per heavy atom. The van der Waals surface area contributed by atoms with E-state index in [1.165, 1.54) is 0 Å². The van der Waals surface area contributed by atoms with Gasteiger partial charge in [-0.25, -0.2) is 4.98 Å². The summed E-state index contributed by atoms with van der Waals surface area (Å²) in [6.45, 7) is 2.21. The minimum atomic E-state index is -0.00808. The molecule has 2 aromatic carbocycles. The van der Waals surface area contributed by atoms with E-state index in [0.29, 0.717) is 12.5 Å². The summed E-state index contributed by atoms with van der Waals surface area (Å²) >= 11 is 0. The molecule has 1 aliphatic heterocycles. The third-order valence-electron chi connectivity index (χ3n) is 5.40. The highest BCUT2D eigenvalue weighted by molar-refractivity contribution is 5.77. The lowest BCUT2D eigenvalue weighted by Gasteiger charge is -2.35. The third-order valence-corrected chi connectivity index (χ3v) is 5.40. The average Bonchev–Trinajstić information content (AvgIpc) is 2.84. The van der Waals surface area contributed by atoms with Gasteiger partial charge in [0.15, 0.2) is 0 Å². The van der Waals surface area contributed by atoms with Crippen molar-refractivity contribution in [3.05, 3.63) is 66.2 Å². The van der Waals surface area contributed by atoms with Crippen LogP contribution in [-0.4, -0.2) is 45.9 Å². The number of anilines is 2. The number of pyridine rings is 1. The van der Waals surface area contributed by atoms with E-state index < -0.39 is 0 Å². The van der Waals surface area contributed by atoms with Crippen LogP contribution >= 0.6 is 0 Å². The fourth-order valence-corrected chi connectivity index (χ4v) is 3.70. The molecular weight excluding hydrogens is 378 g/mol. The molecule has 6 nitrogen and oxygen atoms in total. The van der Waals surface area contributed by atoms with Gasteiger partial charge >= 0.3 is 0 Å². The number of rotatable bonds is 6. The highest BCUT2D eigenvalue weighted by Gasteiger charge is 2.25. The fourth-order valence-electron chi connectivity index (χ4n) is 3.70. The van der Waals surface area contributed by atoms with Crippen LogP contribution in [0.15, 0.2) is 60.7 Å². The summed E-state index contributed by atoms with van der Waals surface area (Å²) in [7, 11) is 5.23. The lowest BCUT2D eigenvalue weighted by molar-refractivity contribution is 0.0398. The molecule has 1 atom stereocenters. The molecule has 0 aliphatic carbocycles. The number of methoxy groups -OCH3 is 2. The minimum Gasteiger partial charge on any atom is -0.497 e. The number of hydrogen-bond donors (Lipinski definition) is 1. The van der Waals surface area contributed by atoms with Crippen molar-refractivity contribution >= 4 is 11.4 Å². The van der Waals surface area contributed by atoms with E-state index in [1.807, 2.05) is 25.2 Å². The van der Waals surface area contributed by atoms with Gasteiger partial charge in [0.1, 0.15) is 11.9 Å². The molecule has 1 aliphatic rings. The topological polar surface area (TPSA) is 55.9 Å². The fraction of sp³-hybridized carbons (Fsp3) is 0.292. The molecule has 156 valence electrons. The minimum absolute atomic E-state index is 0.00808. The van der Waals surface area contributed by atoms with Crippen molar-refractivity contribution in [2.24, 2.45) is 0 Å². The largest absolute Gasteiger partial charge is 0.497 e. The van der Waals surface area contributed by atoms with Gasteiger partial charge in [-0.05, 0) is 35.9 Å². The number of hydrogen-bond acceptors (Lipinski definition) is 6. The Labute approximate surface area is 177 Å². The summed E-state index contributed by atoms with van der Waals surface area (Å²) in [5, 5.41) is 3.16. The molecule has 4 rings (SSSR count). The van der Waals surface area contributed by atoms with Crippen LogP contribution in [0.5, 0.6) is 11.6 Å². The van der Waals surface area contributed by atoms with E-state index in [4.69, 9.17) is 19.2 Å². The molecule has 0 amide bonds. The zero-order valence-electron chi connectivity index (χ0n) is 17.6. The lowest BCUT2D eigenvalue weighted by atomic mass is 10.0. The molecule has 30 heavy (non-hydrogen) atoms. The van der Waals surface area contributed by atoms with E-state index in [-0.39, 0.29) is 6.10 Å². The summed E-state index contributed by atoms with van der Waals surface area (Å²) in [5.74, 6) is 1.45. The predicted molar refractivity (Wildman–Crippen MR) is 120 cm³/mol. The molecule has 1 aromatic heterocycles. The number of ether oxygens (including phenoxy) is 3. The van der Waals surface area contributed by atoms with Crippen LogP contribution in [0.3, 0.4) is 0 Å². The van der Waals surface area contributed by atoms with Crippen LogP contribution in [0.2, 0.25) is 0 Å². The number of morpholine rings is 1. The Bertz CT molecular complexity index is 974. The molecule has 0 spiro atoms. The molecule has 1 N–H and O–H groups in total. The van der Waals surface area contributed by atoms with Crippen LogP contribution in [-0.2, 0) is 4.74 Å². The molecule has 2 heterocycles. The maximum Gasteiger partial charge on any atom is 0.213 e. The first-order valence-corrected chi connectivity index (χ1v) is 10.1. The second-order valence-corrected chi connectivity index (χ2v) is 7.13. The molecule has 3 aromatic rings. The summed E-state index contributed by atoms with van der Waals surface area (Å²) in [5.41, 5.74) is 5.24. The molecule has 6 heteroatoms. The van der Waals surface area contributed by atoms with E-state index in [9.17, 15) is 0 Å². The second kappa shape index (κ2) is 9.05. The zero-order chi connectivity index (χ0) is 20.9. The van der Waals surface area contributed by atoms with Gasteiger partial charge in [-0.2, -0.15) is 0 Å². The Kier molecular flexibility index (Phi) is 6.05. The van der Waals surface area contributed by atoms with Gasteiger partial charge in [0.2, 0.25) is 5.88 Å².